The molecular formula is C20H29N5O4. The molecule has 4 rings (SSSR count). The van der Waals surface area contributed by atoms with Crippen LogP contribution in [0.3, 0.4) is 0 Å². The lowest BCUT2D eigenvalue weighted by Crippen LogP contribution is -2.53. The van der Waals surface area contributed by atoms with E-state index in [1.807, 2.05) is 20.6 Å². The van der Waals surface area contributed by atoms with Crippen LogP contribution in [0.5, 0.6) is 0 Å². The number of hydrogen-bond acceptors (Lipinski definition) is 5. The second-order valence-electron chi connectivity index (χ2n) is 8.39. The Hall–Kier alpha value is -2.58. The molecule has 1 aromatic heterocycles. The zero-order valence-corrected chi connectivity index (χ0v) is 16.8. The van der Waals surface area contributed by atoms with E-state index in [-0.39, 0.29) is 23.8 Å². The molecular weight excluding hydrogens is 374 g/mol. The van der Waals surface area contributed by atoms with Crippen molar-refractivity contribution in [1.82, 2.24) is 24.3 Å². The average Bonchev–Trinajstić information content (AvgIpc) is 3.38. The summed E-state index contributed by atoms with van der Waals surface area (Å²) in [7, 11) is 0. The van der Waals surface area contributed by atoms with E-state index in [0.717, 1.165) is 45.3 Å². The predicted octanol–water partition coefficient (Wildman–Crippen LogP) is 0.957. The third-order valence-electron chi connectivity index (χ3n) is 6.50. The molecule has 29 heavy (non-hydrogen) atoms. The topological polar surface area (TPSA) is 88.0 Å². The van der Waals surface area contributed by atoms with Crippen molar-refractivity contribution in [2.45, 2.75) is 38.6 Å². The number of likely N-dealkylation sites (tertiary alicyclic amines) is 2. The molecule has 0 bridgehead atoms. The second-order valence-corrected chi connectivity index (χ2v) is 8.39. The fraction of sp³-hybridized carbons (Fsp3) is 0.700. The monoisotopic (exact) mass is 403 g/mol. The van der Waals surface area contributed by atoms with Crippen molar-refractivity contribution in [1.29, 1.82) is 0 Å². The van der Waals surface area contributed by atoms with E-state index < -0.39 is 6.09 Å². The Balaban J connectivity index is 1.26. The number of nitrogens with zero attached hydrogens (tertiary/aromatic N) is 5. The molecule has 1 aromatic rings. The van der Waals surface area contributed by atoms with Gasteiger partial charge in [-0.25, -0.2) is 9.78 Å². The number of hydrogen-bond donors (Lipinski definition) is 0. The molecule has 3 aliphatic heterocycles. The number of aromatic nitrogens is 2. The molecule has 0 N–H and O–H groups in total. The molecule has 158 valence electrons. The second kappa shape index (κ2) is 8.42. The highest BCUT2D eigenvalue weighted by atomic mass is 16.6. The van der Waals surface area contributed by atoms with E-state index in [4.69, 9.17) is 4.74 Å². The molecule has 0 radical (unpaired) electrons. The number of imidazole rings is 1. The van der Waals surface area contributed by atoms with Crippen molar-refractivity contribution in [2.24, 2.45) is 5.41 Å². The number of cyclic esters (lactones) is 1. The summed E-state index contributed by atoms with van der Waals surface area (Å²) in [5.74, 6) is 0.232. The summed E-state index contributed by atoms with van der Waals surface area (Å²) < 4.78 is 6.93. The molecule has 0 unspecified atom stereocenters. The van der Waals surface area contributed by atoms with Crippen molar-refractivity contribution in [3.63, 3.8) is 0 Å². The van der Waals surface area contributed by atoms with Gasteiger partial charge in [-0.15, -0.1) is 0 Å². The highest BCUT2D eigenvalue weighted by molar-refractivity contribution is 5.83. The highest BCUT2D eigenvalue weighted by Gasteiger charge is 2.41. The number of amides is 3. The maximum absolute atomic E-state index is 12.5. The minimum Gasteiger partial charge on any atom is -0.448 e. The molecule has 3 saturated heterocycles. The molecule has 1 spiro atoms. The van der Waals surface area contributed by atoms with Gasteiger partial charge in [0.1, 0.15) is 13.2 Å². The van der Waals surface area contributed by atoms with Gasteiger partial charge in [0.25, 0.3) is 0 Å². The Bertz CT molecular complexity index is 742. The lowest BCUT2D eigenvalue weighted by atomic mass is 9.72. The zero-order valence-electron chi connectivity index (χ0n) is 16.8. The Morgan fingerprint density at radius 2 is 1.93 bits per heavy atom. The highest BCUT2D eigenvalue weighted by Crippen LogP contribution is 2.40. The summed E-state index contributed by atoms with van der Waals surface area (Å²) in [4.78, 5) is 45.9. The summed E-state index contributed by atoms with van der Waals surface area (Å²) in [5.41, 5.74) is 0.117. The Morgan fingerprint density at radius 1 is 1.10 bits per heavy atom. The van der Waals surface area contributed by atoms with Gasteiger partial charge in [-0.1, -0.05) is 0 Å². The van der Waals surface area contributed by atoms with E-state index in [0.29, 0.717) is 32.7 Å². The molecule has 9 nitrogen and oxygen atoms in total. The third-order valence-corrected chi connectivity index (χ3v) is 6.50. The molecule has 3 aliphatic rings. The number of rotatable bonds is 6. The quantitative estimate of drug-likeness (QED) is 0.706. The first kappa shape index (κ1) is 19.7. The Labute approximate surface area is 170 Å². The summed E-state index contributed by atoms with van der Waals surface area (Å²) in [6.07, 6.45) is 9.34. The largest absolute Gasteiger partial charge is 0.448 e. The van der Waals surface area contributed by atoms with Crippen LogP contribution in [0.25, 0.3) is 0 Å². The number of ether oxygens (including phenoxy) is 1. The van der Waals surface area contributed by atoms with Crippen LogP contribution < -0.4 is 0 Å². The Kier molecular flexibility index (Phi) is 5.73. The van der Waals surface area contributed by atoms with Gasteiger partial charge in [-0.05, 0) is 31.1 Å². The van der Waals surface area contributed by atoms with E-state index >= 15 is 0 Å². The maximum Gasteiger partial charge on any atom is 0.410 e. The van der Waals surface area contributed by atoms with Gasteiger partial charge in [0.2, 0.25) is 11.8 Å². The first-order chi connectivity index (χ1) is 14.0. The molecule has 0 atom stereocenters. The van der Waals surface area contributed by atoms with Crippen LogP contribution in [0.1, 0.15) is 32.1 Å². The number of aryl methyl sites for hydroxylation is 1. The van der Waals surface area contributed by atoms with Crippen molar-refractivity contribution in [3.8, 4) is 0 Å². The van der Waals surface area contributed by atoms with Crippen molar-refractivity contribution >= 4 is 17.9 Å². The maximum atomic E-state index is 12.5. The van der Waals surface area contributed by atoms with Gasteiger partial charge >= 0.3 is 6.09 Å². The fourth-order valence-corrected chi connectivity index (χ4v) is 4.64. The number of piperidine rings is 2. The Morgan fingerprint density at radius 3 is 2.62 bits per heavy atom. The summed E-state index contributed by atoms with van der Waals surface area (Å²) in [6.45, 7) is 4.74. The van der Waals surface area contributed by atoms with Gasteiger partial charge in [-0.3, -0.25) is 14.5 Å². The predicted molar refractivity (Wildman–Crippen MR) is 104 cm³/mol. The van der Waals surface area contributed by atoms with Gasteiger partial charge in [0.05, 0.1) is 12.9 Å². The molecule has 9 heteroatoms. The zero-order chi connectivity index (χ0) is 20.3. The van der Waals surface area contributed by atoms with Crippen LogP contribution in [0, 0.1) is 5.41 Å². The summed E-state index contributed by atoms with van der Waals surface area (Å²) >= 11 is 0. The average molecular weight is 403 g/mol. The van der Waals surface area contributed by atoms with E-state index in [1.165, 1.54) is 4.90 Å². The van der Waals surface area contributed by atoms with Crippen LogP contribution >= 0.6 is 0 Å². The standard InChI is InChI=1S/C20H29N5O4/c26-17-2-3-20(15-25(17)8-1-7-22-11-6-21-16-22)4-9-23(10-5-20)18(27)14-24-12-13-29-19(24)28/h6,11,16H,1-5,7-10,12-15H2. The molecule has 4 heterocycles. The van der Waals surface area contributed by atoms with E-state index in [9.17, 15) is 14.4 Å². The summed E-state index contributed by atoms with van der Waals surface area (Å²) in [6, 6.07) is 0. The minimum absolute atomic E-state index is 0.0113. The lowest BCUT2D eigenvalue weighted by molar-refractivity contribution is -0.142. The van der Waals surface area contributed by atoms with Crippen LogP contribution in [0.2, 0.25) is 0 Å². The summed E-state index contributed by atoms with van der Waals surface area (Å²) in [5, 5.41) is 0. The number of carbonyl (C=O) groups excluding carboxylic acids is 3. The molecule has 0 saturated carbocycles. The molecule has 3 amide bonds. The third kappa shape index (κ3) is 4.54. The van der Waals surface area contributed by atoms with E-state index in [2.05, 4.69) is 4.98 Å². The van der Waals surface area contributed by atoms with Crippen LogP contribution in [-0.2, 0) is 20.9 Å². The molecule has 0 aromatic carbocycles. The smallest absolute Gasteiger partial charge is 0.410 e. The van der Waals surface area contributed by atoms with Crippen LogP contribution in [0.15, 0.2) is 18.7 Å². The van der Waals surface area contributed by atoms with E-state index in [1.54, 1.807) is 12.5 Å². The minimum atomic E-state index is -0.399. The normalized spacial score (nSPS) is 21.7. The van der Waals surface area contributed by atoms with Crippen molar-refractivity contribution < 1.29 is 19.1 Å². The number of carbonyl (C=O) groups is 3. The van der Waals surface area contributed by atoms with Gasteiger partial charge in [0.15, 0.2) is 0 Å². The van der Waals surface area contributed by atoms with Crippen LogP contribution in [-0.4, -0.2) is 88.0 Å². The van der Waals surface area contributed by atoms with Gasteiger partial charge in [0, 0.05) is 51.5 Å². The van der Waals surface area contributed by atoms with Gasteiger partial charge in [-0.2, -0.15) is 0 Å². The first-order valence-corrected chi connectivity index (χ1v) is 10.5. The SMILES string of the molecule is O=C(CN1CCOC1=O)N1CCC2(CCC(=O)N(CCCn3ccnc3)C2)CC1. The lowest BCUT2D eigenvalue weighted by Gasteiger charge is -2.47. The molecule has 3 fully saturated rings. The van der Waals surface area contributed by atoms with Gasteiger partial charge < -0.3 is 19.1 Å². The first-order valence-electron chi connectivity index (χ1n) is 10.5. The van der Waals surface area contributed by atoms with Crippen molar-refractivity contribution in [2.75, 3.05) is 45.9 Å². The fourth-order valence-electron chi connectivity index (χ4n) is 4.64. The van der Waals surface area contributed by atoms with Crippen molar-refractivity contribution in [3.05, 3.63) is 18.7 Å². The molecule has 0 aliphatic carbocycles. The van der Waals surface area contributed by atoms with Crippen LogP contribution in [0.4, 0.5) is 4.79 Å².